The summed E-state index contributed by atoms with van der Waals surface area (Å²) < 4.78 is 11.9. The Kier molecular flexibility index (Phi) is 2.15. The summed E-state index contributed by atoms with van der Waals surface area (Å²) in [5, 5.41) is 0. The summed E-state index contributed by atoms with van der Waals surface area (Å²) in [5.74, 6) is 1.05. The van der Waals surface area contributed by atoms with Crippen LogP contribution in [-0.4, -0.2) is 24.8 Å². The number of ketones is 1. The van der Waals surface area contributed by atoms with Gasteiger partial charge >= 0.3 is 0 Å². The average Bonchev–Trinajstić information content (AvgIpc) is 2.89. The smallest absolute Gasteiger partial charge is 0.171 e. The first-order valence-corrected chi connectivity index (χ1v) is 7.14. The van der Waals surface area contributed by atoms with Crippen molar-refractivity contribution in [3.63, 3.8) is 0 Å². The normalized spacial score (nSPS) is 45.2. The van der Waals surface area contributed by atoms with Gasteiger partial charge in [0.05, 0.1) is 13.2 Å². The second-order valence-electron chi connectivity index (χ2n) is 6.50. The van der Waals surface area contributed by atoms with Crippen LogP contribution >= 0.6 is 0 Å². The van der Waals surface area contributed by atoms with Crippen molar-refractivity contribution in [2.45, 2.75) is 44.8 Å². The molecule has 98 valence electrons. The summed E-state index contributed by atoms with van der Waals surface area (Å²) >= 11 is 0. The molecule has 3 fully saturated rings. The molecule has 3 aliphatic carbocycles. The van der Waals surface area contributed by atoms with E-state index in [1.165, 1.54) is 5.57 Å². The average molecular weight is 248 g/mol. The highest BCUT2D eigenvalue weighted by atomic mass is 16.7. The summed E-state index contributed by atoms with van der Waals surface area (Å²) in [4.78, 5) is 11.8. The molecule has 3 nitrogen and oxygen atoms in total. The van der Waals surface area contributed by atoms with Crippen LogP contribution in [0.15, 0.2) is 11.6 Å². The van der Waals surface area contributed by atoms with Crippen molar-refractivity contribution in [3.05, 3.63) is 11.6 Å². The lowest BCUT2D eigenvalue weighted by atomic mass is 9.62. The van der Waals surface area contributed by atoms with Crippen LogP contribution in [0.25, 0.3) is 0 Å². The lowest BCUT2D eigenvalue weighted by molar-refractivity contribution is -0.212. The number of carbonyl (C=O) groups is 1. The van der Waals surface area contributed by atoms with E-state index >= 15 is 0 Å². The number of carbonyl (C=O) groups excluding carboxylic acids is 1. The molecular weight excluding hydrogens is 228 g/mol. The van der Waals surface area contributed by atoms with E-state index in [1.54, 1.807) is 0 Å². The predicted octanol–water partition coefficient (Wildman–Crippen LogP) is 2.46. The molecule has 0 N–H and O–H groups in total. The highest BCUT2D eigenvalue weighted by Gasteiger charge is 2.61. The molecule has 3 heteroatoms. The molecule has 1 heterocycles. The SMILES string of the molecule is CC1=CC(=O)C[C@H]2CC3C[C@@]12CCC31OCCO1. The molecule has 2 spiro atoms. The zero-order chi connectivity index (χ0) is 12.4. The highest BCUT2D eigenvalue weighted by molar-refractivity contribution is 5.92. The van der Waals surface area contributed by atoms with Crippen molar-refractivity contribution in [2.75, 3.05) is 13.2 Å². The fourth-order valence-electron chi connectivity index (χ4n) is 5.00. The number of rotatable bonds is 0. The topological polar surface area (TPSA) is 35.5 Å². The first kappa shape index (κ1) is 11.2. The minimum absolute atomic E-state index is 0.291. The fraction of sp³-hybridized carbons (Fsp3) is 0.800. The number of hydrogen-bond donors (Lipinski definition) is 0. The van der Waals surface area contributed by atoms with E-state index in [-0.39, 0.29) is 5.79 Å². The van der Waals surface area contributed by atoms with Crippen molar-refractivity contribution in [1.29, 1.82) is 0 Å². The van der Waals surface area contributed by atoms with Crippen molar-refractivity contribution in [1.82, 2.24) is 0 Å². The largest absolute Gasteiger partial charge is 0.347 e. The Morgan fingerprint density at radius 1 is 1.22 bits per heavy atom. The first-order chi connectivity index (χ1) is 8.65. The second-order valence-corrected chi connectivity index (χ2v) is 6.50. The zero-order valence-electron chi connectivity index (χ0n) is 10.9. The van der Waals surface area contributed by atoms with E-state index in [9.17, 15) is 4.79 Å². The molecule has 3 atom stereocenters. The van der Waals surface area contributed by atoms with Gasteiger partial charge < -0.3 is 9.47 Å². The molecule has 0 radical (unpaired) electrons. The van der Waals surface area contributed by atoms with Gasteiger partial charge in [-0.3, -0.25) is 4.79 Å². The Morgan fingerprint density at radius 3 is 2.78 bits per heavy atom. The quantitative estimate of drug-likeness (QED) is 0.660. The van der Waals surface area contributed by atoms with Gasteiger partial charge in [0.25, 0.3) is 0 Å². The monoisotopic (exact) mass is 248 g/mol. The van der Waals surface area contributed by atoms with Gasteiger partial charge in [0, 0.05) is 18.8 Å². The number of fused-ring (bicyclic) bond motifs is 2. The van der Waals surface area contributed by atoms with Crippen molar-refractivity contribution < 1.29 is 14.3 Å². The van der Waals surface area contributed by atoms with Crippen LogP contribution in [0, 0.1) is 17.3 Å². The number of ether oxygens (including phenoxy) is 2. The molecule has 2 bridgehead atoms. The minimum Gasteiger partial charge on any atom is -0.347 e. The maximum Gasteiger partial charge on any atom is 0.171 e. The standard InChI is InChI=1S/C15H20O3/c1-10-6-13(16)8-11-7-12-9-14(10,11)2-3-15(12)17-4-5-18-15/h6,11-12H,2-5,7-9H2,1H3/t11-,12?,14+/m1/s1. The maximum absolute atomic E-state index is 11.8. The molecule has 0 amide bonds. The van der Waals surface area contributed by atoms with E-state index in [4.69, 9.17) is 9.47 Å². The lowest BCUT2D eigenvalue weighted by Crippen LogP contribution is -2.44. The molecular formula is C15H20O3. The minimum atomic E-state index is -0.300. The van der Waals surface area contributed by atoms with Gasteiger partial charge in [-0.25, -0.2) is 0 Å². The van der Waals surface area contributed by atoms with Gasteiger partial charge in [-0.1, -0.05) is 5.57 Å². The molecule has 4 aliphatic rings. The number of hydrogen-bond acceptors (Lipinski definition) is 3. The van der Waals surface area contributed by atoms with Crippen LogP contribution < -0.4 is 0 Å². The van der Waals surface area contributed by atoms with Gasteiger partial charge in [0.15, 0.2) is 11.6 Å². The summed E-state index contributed by atoms with van der Waals surface area (Å²) in [6, 6.07) is 0. The third kappa shape index (κ3) is 1.24. The van der Waals surface area contributed by atoms with Gasteiger partial charge in [0.1, 0.15) is 0 Å². The van der Waals surface area contributed by atoms with E-state index in [2.05, 4.69) is 6.92 Å². The van der Waals surface area contributed by atoms with Gasteiger partial charge in [-0.15, -0.1) is 0 Å². The van der Waals surface area contributed by atoms with E-state index < -0.39 is 0 Å². The van der Waals surface area contributed by atoms with Crippen LogP contribution in [0.4, 0.5) is 0 Å². The fourth-order valence-corrected chi connectivity index (χ4v) is 5.00. The molecule has 1 aliphatic heterocycles. The Balaban J connectivity index is 1.71. The third-order valence-corrected chi connectivity index (χ3v) is 5.89. The van der Waals surface area contributed by atoms with Crippen LogP contribution in [-0.2, 0) is 14.3 Å². The Hall–Kier alpha value is -0.670. The highest BCUT2D eigenvalue weighted by Crippen LogP contribution is 2.64. The summed E-state index contributed by atoms with van der Waals surface area (Å²) in [7, 11) is 0. The summed E-state index contributed by atoms with van der Waals surface area (Å²) in [6.45, 7) is 3.63. The van der Waals surface area contributed by atoms with Crippen molar-refractivity contribution >= 4 is 5.78 Å². The van der Waals surface area contributed by atoms with E-state index in [0.29, 0.717) is 23.0 Å². The zero-order valence-corrected chi connectivity index (χ0v) is 10.9. The predicted molar refractivity (Wildman–Crippen MR) is 65.9 cm³/mol. The molecule has 0 aromatic carbocycles. The van der Waals surface area contributed by atoms with Gasteiger partial charge in [0.2, 0.25) is 0 Å². The van der Waals surface area contributed by atoms with E-state index in [0.717, 1.165) is 45.3 Å². The van der Waals surface area contributed by atoms with Crippen LogP contribution in [0.5, 0.6) is 0 Å². The maximum atomic E-state index is 11.8. The van der Waals surface area contributed by atoms with Gasteiger partial charge in [-0.2, -0.15) is 0 Å². The molecule has 0 aromatic rings. The summed E-state index contributed by atoms with van der Waals surface area (Å²) in [6.07, 6.45) is 7.04. The van der Waals surface area contributed by atoms with Crippen LogP contribution in [0.3, 0.4) is 0 Å². The molecule has 1 saturated heterocycles. The van der Waals surface area contributed by atoms with Crippen molar-refractivity contribution in [3.8, 4) is 0 Å². The Bertz CT molecular complexity index is 433. The molecule has 1 unspecified atom stereocenters. The molecule has 0 aromatic heterocycles. The van der Waals surface area contributed by atoms with Crippen LogP contribution in [0.1, 0.15) is 39.0 Å². The Labute approximate surface area is 108 Å². The second kappa shape index (κ2) is 3.45. The first-order valence-electron chi connectivity index (χ1n) is 7.14. The molecule has 18 heavy (non-hydrogen) atoms. The molecule has 2 saturated carbocycles. The molecule has 4 rings (SSSR count). The van der Waals surface area contributed by atoms with Crippen LogP contribution in [0.2, 0.25) is 0 Å². The number of allylic oxidation sites excluding steroid dienone is 2. The van der Waals surface area contributed by atoms with Gasteiger partial charge in [-0.05, 0) is 43.6 Å². The summed E-state index contributed by atoms with van der Waals surface area (Å²) in [5.41, 5.74) is 1.61. The van der Waals surface area contributed by atoms with Crippen molar-refractivity contribution in [2.24, 2.45) is 17.3 Å². The van der Waals surface area contributed by atoms with E-state index in [1.807, 2.05) is 6.08 Å². The third-order valence-electron chi connectivity index (χ3n) is 5.89. The Morgan fingerprint density at radius 2 is 2.00 bits per heavy atom. The lowest BCUT2D eigenvalue weighted by Gasteiger charge is -2.45.